The summed E-state index contributed by atoms with van der Waals surface area (Å²) >= 11 is 9.30. The van der Waals surface area contributed by atoms with Crippen LogP contribution in [0.4, 0.5) is 0 Å². The van der Waals surface area contributed by atoms with Crippen LogP contribution in [0.1, 0.15) is 11.1 Å². The highest BCUT2D eigenvalue weighted by Crippen LogP contribution is 2.22. The first kappa shape index (κ1) is 14.0. The van der Waals surface area contributed by atoms with E-state index in [4.69, 9.17) is 16.3 Å². The number of halogens is 2. The summed E-state index contributed by atoms with van der Waals surface area (Å²) in [5.74, 6) is -0.167. The Morgan fingerprint density at radius 1 is 1.14 bits per heavy atom. The summed E-state index contributed by atoms with van der Waals surface area (Å²) in [7, 11) is 0. The van der Waals surface area contributed by atoms with Crippen molar-refractivity contribution < 1.29 is 9.53 Å². The van der Waals surface area contributed by atoms with Crippen molar-refractivity contribution in [1.29, 1.82) is 0 Å². The fourth-order valence-corrected chi connectivity index (χ4v) is 2.51. The quantitative estimate of drug-likeness (QED) is 0.585. The minimum Gasteiger partial charge on any atom is -0.402 e. The van der Waals surface area contributed by atoms with Gasteiger partial charge in [0.15, 0.2) is 5.70 Å². The summed E-state index contributed by atoms with van der Waals surface area (Å²) < 4.78 is 6.10. The maximum atomic E-state index is 11.9. The molecule has 3 rings (SSSR count). The molecule has 0 radical (unpaired) electrons. The van der Waals surface area contributed by atoms with E-state index < -0.39 is 5.97 Å². The van der Waals surface area contributed by atoms with Crippen LogP contribution in [0.25, 0.3) is 6.08 Å². The second-order valence-electron chi connectivity index (χ2n) is 4.40. The van der Waals surface area contributed by atoms with Gasteiger partial charge < -0.3 is 4.74 Å². The Balaban J connectivity index is 1.95. The van der Waals surface area contributed by atoms with E-state index in [0.29, 0.717) is 10.9 Å². The Morgan fingerprint density at radius 3 is 2.71 bits per heavy atom. The SMILES string of the molecule is O=C1OC(c2cccc(Br)c2)=N/C1=C/c1cccc(Cl)c1. The third-order valence-corrected chi connectivity index (χ3v) is 3.57. The number of benzene rings is 2. The molecule has 0 amide bonds. The molecule has 0 aliphatic carbocycles. The lowest BCUT2D eigenvalue weighted by atomic mass is 10.2. The van der Waals surface area contributed by atoms with Gasteiger partial charge in [-0.3, -0.25) is 0 Å². The predicted octanol–water partition coefficient (Wildman–Crippen LogP) is 4.45. The van der Waals surface area contributed by atoms with E-state index in [9.17, 15) is 4.79 Å². The summed E-state index contributed by atoms with van der Waals surface area (Å²) in [6.45, 7) is 0. The van der Waals surface area contributed by atoms with Gasteiger partial charge in [-0.25, -0.2) is 9.79 Å². The molecule has 2 aromatic rings. The van der Waals surface area contributed by atoms with Gasteiger partial charge in [0.1, 0.15) is 0 Å². The van der Waals surface area contributed by atoms with Crippen LogP contribution in [0.15, 0.2) is 63.7 Å². The van der Waals surface area contributed by atoms with Gasteiger partial charge in [-0.1, -0.05) is 45.7 Å². The molecule has 0 spiro atoms. The Labute approximate surface area is 135 Å². The second kappa shape index (κ2) is 5.84. The van der Waals surface area contributed by atoms with E-state index in [1.165, 1.54) is 0 Å². The maximum absolute atomic E-state index is 11.9. The van der Waals surface area contributed by atoms with Crippen molar-refractivity contribution in [3.63, 3.8) is 0 Å². The number of hydrogen-bond acceptors (Lipinski definition) is 3. The van der Waals surface area contributed by atoms with Gasteiger partial charge in [0.05, 0.1) is 0 Å². The fraction of sp³-hybridized carbons (Fsp3) is 0. The number of carbonyl (C=O) groups excluding carboxylic acids is 1. The van der Waals surface area contributed by atoms with Gasteiger partial charge in [-0.05, 0) is 42.0 Å². The van der Waals surface area contributed by atoms with Crippen molar-refractivity contribution in [3.05, 3.63) is 74.9 Å². The van der Waals surface area contributed by atoms with Crippen LogP contribution >= 0.6 is 27.5 Å². The first-order valence-corrected chi connectivity index (χ1v) is 7.33. The topological polar surface area (TPSA) is 38.7 Å². The summed E-state index contributed by atoms with van der Waals surface area (Å²) in [6, 6.07) is 14.6. The third-order valence-electron chi connectivity index (χ3n) is 2.84. The van der Waals surface area contributed by atoms with Crippen LogP contribution < -0.4 is 0 Å². The third kappa shape index (κ3) is 3.23. The van der Waals surface area contributed by atoms with E-state index >= 15 is 0 Å². The van der Waals surface area contributed by atoms with Crippen molar-refractivity contribution in [2.75, 3.05) is 0 Å². The molecule has 104 valence electrons. The number of esters is 1. The van der Waals surface area contributed by atoms with E-state index in [1.807, 2.05) is 36.4 Å². The Kier molecular flexibility index (Phi) is 3.90. The molecule has 0 N–H and O–H groups in total. The van der Waals surface area contributed by atoms with Crippen LogP contribution in [0.5, 0.6) is 0 Å². The van der Waals surface area contributed by atoms with Gasteiger partial charge in [0, 0.05) is 15.1 Å². The predicted molar refractivity (Wildman–Crippen MR) is 86.2 cm³/mol. The molecule has 0 unspecified atom stereocenters. The van der Waals surface area contributed by atoms with E-state index in [2.05, 4.69) is 20.9 Å². The Bertz CT molecular complexity index is 783. The molecule has 0 fully saturated rings. The molecule has 0 saturated heterocycles. The fourth-order valence-electron chi connectivity index (χ4n) is 1.91. The van der Waals surface area contributed by atoms with E-state index in [0.717, 1.165) is 15.6 Å². The molecule has 1 aliphatic rings. The molecule has 0 atom stereocenters. The maximum Gasteiger partial charge on any atom is 0.363 e. The van der Waals surface area contributed by atoms with Crippen molar-refractivity contribution in [2.45, 2.75) is 0 Å². The number of carbonyl (C=O) groups is 1. The van der Waals surface area contributed by atoms with Gasteiger partial charge in [0.2, 0.25) is 5.90 Å². The van der Waals surface area contributed by atoms with Crippen LogP contribution in [-0.2, 0) is 9.53 Å². The molecule has 1 aliphatic heterocycles. The summed E-state index contributed by atoms with van der Waals surface area (Å²) in [5.41, 5.74) is 1.80. The van der Waals surface area contributed by atoms with Gasteiger partial charge in [-0.15, -0.1) is 0 Å². The number of rotatable bonds is 2. The minimum atomic E-state index is -0.468. The minimum absolute atomic E-state index is 0.257. The molecule has 0 saturated carbocycles. The Morgan fingerprint density at radius 2 is 1.95 bits per heavy atom. The molecule has 3 nitrogen and oxygen atoms in total. The lowest BCUT2D eigenvalue weighted by Crippen LogP contribution is -2.05. The van der Waals surface area contributed by atoms with Gasteiger partial charge in [0.25, 0.3) is 0 Å². The van der Waals surface area contributed by atoms with Crippen LogP contribution in [-0.4, -0.2) is 11.9 Å². The van der Waals surface area contributed by atoms with Crippen LogP contribution in [0.2, 0.25) is 5.02 Å². The van der Waals surface area contributed by atoms with E-state index in [-0.39, 0.29) is 5.70 Å². The molecule has 5 heteroatoms. The zero-order chi connectivity index (χ0) is 14.8. The number of hydrogen-bond donors (Lipinski definition) is 0. The standard InChI is InChI=1S/C16H9BrClNO2/c17-12-5-2-4-11(9-12)15-19-14(16(20)21-15)8-10-3-1-6-13(18)7-10/h1-9H/b14-8+. The molecule has 0 aromatic heterocycles. The number of nitrogens with zero attached hydrogens (tertiary/aromatic N) is 1. The summed E-state index contributed by atoms with van der Waals surface area (Å²) in [5, 5.41) is 0.604. The lowest BCUT2D eigenvalue weighted by molar-refractivity contribution is -0.129. The second-order valence-corrected chi connectivity index (χ2v) is 5.75. The van der Waals surface area contributed by atoms with Crippen molar-refractivity contribution >= 4 is 45.5 Å². The van der Waals surface area contributed by atoms with Crippen LogP contribution in [0.3, 0.4) is 0 Å². The zero-order valence-electron chi connectivity index (χ0n) is 10.7. The average Bonchev–Trinajstić information content (AvgIpc) is 2.80. The van der Waals surface area contributed by atoms with Gasteiger partial charge in [-0.2, -0.15) is 0 Å². The van der Waals surface area contributed by atoms with Crippen molar-refractivity contribution in [2.24, 2.45) is 4.99 Å². The summed E-state index contributed by atoms with van der Waals surface area (Å²) in [6.07, 6.45) is 1.65. The van der Waals surface area contributed by atoms with Gasteiger partial charge >= 0.3 is 5.97 Å². The average molecular weight is 363 g/mol. The number of ether oxygens (including phenoxy) is 1. The molecule has 0 bridgehead atoms. The first-order valence-electron chi connectivity index (χ1n) is 6.16. The van der Waals surface area contributed by atoms with E-state index in [1.54, 1.807) is 18.2 Å². The van der Waals surface area contributed by atoms with Crippen molar-refractivity contribution in [3.8, 4) is 0 Å². The largest absolute Gasteiger partial charge is 0.402 e. The highest BCUT2D eigenvalue weighted by atomic mass is 79.9. The molecule has 21 heavy (non-hydrogen) atoms. The zero-order valence-corrected chi connectivity index (χ0v) is 13.1. The molecular formula is C16H9BrClNO2. The smallest absolute Gasteiger partial charge is 0.363 e. The van der Waals surface area contributed by atoms with Crippen LogP contribution in [0, 0.1) is 0 Å². The lowest BCUT2D eigenvalue weighted by Gasteiger charge is -1.99. The highest BCUT2D eigenvalue weighted by Gasteiger charge is 2.24. The summed E-state index contributed by atoms with van der Waals surface area (Å²) in [4.78, 5) is 16.1. The molecule has 2 aromatic carbocycles. The monoisotopic (exact) mass is 361 g/mol. The highest BCUT2D eigenvalue weighted by molar-refractivity contribution is 9.10. The van der Waals surface area contributed by atoms with Crippen molar-refractivity contribution in [1.82, 2.24) is 0 Å². The first-order chi connectivity index (χ1) is 10.1. The molecular weight excluding hydrogens is 354 g/mol. The number of cyclic esters (lactones) is 1. The molecule has 1 heterocycles. The number of aliphatic imine (C=N–C) groups is 1. The Hall–Kier alpha value is -1.91. The normalized spacial score (nSPS) is 16.0.